The first kappa shape index (κ1) is 25.5. The minimum atomic E-state index is -2.89. The van der Waals surface area contributed by atoms with Gasteiger partial charge in [-0.2, -0.15) is 0 Å². The lowest BCUT2D eigenvalue weighted by molar-refractivity contribution is -0.145. The van der Waals surface area contributed by atoms with Gasteiger partial charge in [0.05, 0.1) is 17.3 Å². The molecule has 0 unspecified atom stereocenters. The number of benzene rings is 1. The Morgan fingerprint density at radius 1 is 1.24 bits per heavy atom. The number of rotatable bonds is 8. The molecule has 4 amide bonds. The van der Waals surface area contributed by atoms with E-state index in [1.807, 2.05) is 0 Å². The van der Waals surface area contributed by atoms with E-state index in [2.05, 4.69) is 21.3 Å². The van der Waals surface area contributed by atoms with E-state index < -0.39 is 60.1 Å². The fraction of sp³-hybridized carbons (Fsp3) is 0.500. The molecule has 2 aliphatic rings. The number of anilines is 1. The SMILES string of the molecule is CNC(=O)C(=O)[C@H](C[C@@H]1C[C@@H](C)NC1=O)NC(=O)c1cc(Cl)ccc1NC(=O)C1CC(F)(F)C1. The third-order valence-electron chi connectivity index (χ3n) is 5.94. The summed E-state index contributed by atoms with van der Waals surface area (Å²) in [6.07, 6.45) is -0.846. The number of alkyl halides is 2. The Kier molecular flexibility index (Phi) is 7.54. The average Bonchev–Trinajstić information content (AvgIpc) is 3.07. The molecule has 0 bridgehead atoms. The topological polar surface area (TPSA) is 133 Å². The zero-order valence-corrected chi connectivity index (χ0v) is 19.3. The van der Waals surface area contributed by atoms with E-state index in [9.17, 15) is 32.8 Å². The first-order chi connectivity index (χ1) is 15.9. The van der Waals surface area contributed by atoms with E-state index in [0.717, 1.165) is 0 Å². The Morgan fingerprint density at radius 2 is 1.91 bits per heavy atom. The Morgan fingerprint density at radius 3 is 2.47 bits per heavy atom. The minimum Gasteiger partial charge on any atom is -0.353 e. The molecule has 12 heteroatoms. The van der Waals surface area contributed by atoms with Gasteiger partial charge in [0, 0.05) is 42.8 Å². The summed E-state index contributed by atoms with van der Waals surface area (Å²) < 4.78 is 26.3. The molecule has 4 N–H and O–H groups in total. The van der Waals surface area contributed by atoms with Crippen LogP contribution in [0.15, 0.2) is 18.2 Å². The van der Waals surface area contributed by atoms with E-state index in [4.69, 9.17) is 11.6 Å². The summed E-state index contributed by atoms with van der Waals surface area (Å²) in [6, 6.07) is 2.56. The second-order valence-corrected chi connectivity index (χ2v) is 9.12. The van der Waals surface area contributed by atoms with Gasteiger partial charge in [-0.1, -0.05) is 11.6 Å². The first-order valence-corrected chi connectivity index (χ1v) is 11.1. The zero-order chi connectivity index (χ0) is 25.2. The number of Topliss-reactive ketones (excluding diaryl/α,β-unsaturated/α-hetero) is 1. The monoisotopic (exact) mass is 498 g/mol. The van der Waals surface area contributed by atoms with Gasteiger partial charge in [-0.25, -0.2) is 8.78 Å². The molecule has 1 aromatic carbocycles. The minimum absolute atomic E-state index is 0.0143. The molecule has 1 saturated heterocycles. The highest BCUT2D eigenvalue weighted by atomic mass is 35.5. The molecule has 2 fully saturated rings. The average molecular weight is 499 g/mol. The predicted octanol–water partition coefficient (Wildman–Crippen LogP) is 1.65. The molecule has 0 spiro atoms. The fourth-order valence-electron chi connectivity index (χ4n) is 4.08. The Labute approximate surface area is 199 Å². The largest absolute Gasteiger partial charge is 0.353 e. The van der Waals surface area contributed by atoms with Crippen LogP contribution in [0.5, 0.6) is 0 Å². The van der Waals surface area contributed by atoms with Gasteiger partial charge in [-0.05, 0) is 38.0 Å². The molecule has 1 heterocycles. The number of amides is 4. The number of carbonyl (C=O) groups excluding carboxylic acids is 5. The van der Waals surface area contributed by atoms with Gasteiger partial charge in [-0.3, -0.25) is 24.0 Å². The normalized spacial score (nSPS) is 22.2. The molecular formula is C22H25ClF2N4O5. The molecule has 34 heavy (non-hydrogen) atoms. The van der Waals surface area contributed by atoms with Crippen LogP contribution in [0.25, 0.3) is 0 Å². The van der Waals surface area contributed by atoms with Crippen LogP contribution < -0.4 is 21.3 Å². The summed E-state index contributed by atoms with van der Waals surface area (Å²) in [7, 11) is 1.26. The smallest absolute Gasteiger partial charge is 0.289 e. The van der Waals surface area contributed by atoms with Crippen LogP contribution in [0.2, 0.25) is 5.02 Å². The van der Waals surface area contributed by atoms with Crippen molar-refractivity contribution in [3.05, 3.63) is 28.8 Å². The van der Waals surface area contributed by atoms with Crippen LogP contribution in [-0.2, 0) is 19.2 Å². The zero-order valence-electron chi connectivity index (χ0n) is 18.5. The summed E-state index contributed by atoms with van der Waals surface area (Å²) in [4.78, 5) is 62.2. The third-order valence-corrected chi connectivity index (χ3v) is 6.17. The first-order valence-electron chi connectivity index (χ1n) is 10.8. The fourth-order valence-corrected chi connectivity index (χ4v) is 4.26. The second-order valence-electron chi connectivity index (χ2n) is 8.69. The van der Waals surface area contributed by atoms with Crippen molar-refractivity contribution in [1.82, 2.24) is 16.0 Å². The lowest BCUT2D eigenvalue weighted by Crippen LogP contribution is -2.48. The van der Waals surface area contributed by atoms with Crippen LogP contribution in [0.4, 0.5) is 14.5 Å². The highest BCUT2D eigenvalue weighted by Gasteiger charge is 2.48. The highest BCUT2D eigenvalue weighted by molar-refractivity contribution is 6.38. The molecule has 0 aromatic heterocycles. The second kappa shape index (κ2) is 10.0. The molecule has 3 rings (SSSR count). The number of hydrogen-bond donors (Lipinski definition) is 4. The molecule has 1 aliphatic heterocycles. The van der Waals surface area contributed by atoms with Crippen LogP contribution in [0, 0.1) is 11.8 Å². The molecule has 1 saturated carbocycles. The van der Waals surface area contributed by atoms with Crippen molar-refractivity contribution in [2.75, 3.05) is 12.4 Å². The van der Waals surface area contributed by atoms with Gasteiger partial charge in [0.15, 0.2) is 0 Å². The van der Waals surface area contributed by atoms with Crippen molar-refractivity contribution in [2.45, 2.75) is 50.6 Å². The summed E-state index contributed by atoms with van der Waals surface area (Å²) in [5.74, 6) is -8.04. The van der Waals surface area contributed by atoms with Crippen LogP contribution in [0.1, 0.15) is 43.0 Å². The number of likely N-dealkylation sites (N-methyl/N-ethyl adjacent to an activating group) is 1. The van der Waals surface area contributed by atoms with Crippen molar-refractivity contribution in [3.63, 3.8) is 0 Å². The summed E-state index contributed by atoms with van der Waals surface area (Å²) >= 11 is 6.00. The van der Waals surface area contributed by atoms with Gasteiger partial charge in [0.1, 0.15) is 0 Å². The maximum atomic E-state index is 13.1. The lowest BCUT2D eigenvalue weighted by atomic mass is 9.80. The van der Waals surface area contributed by atoms with Crippen molar-refractivity contribution >= 4 is 46.7 Å². The van der Waals surface area contributed by atoms with Crippen molar-refractivity contribution in [1.29, 1.82) is 0 Å². The third kappa shape index (κ3) is 5.88. The van der Waals surface area contributed by atoms with E-state index in [-0.39, 0.29) is 34.6 Å². The maximum Gasteiger partial charge on any atom is 0.289 e. The van der Waals surface area contributed by atoms with Crippen molar-refractivity contribution < 1.29 is 32.8 Å². The number of nitrogens with one attached hydrogen (secondary N) is 4. The van der Waals surface area contributed by atoms with E-state index in [0.29, 0.717) is 6.42 Å². The molecule has 184 valence electrons. The Hall–Kier alpha value is -3.08. The van der Waals surface area contributed by atoms with Gasteiger partial charge in [-0.15, -0.1) is 0 Å². The molecule has 0 radical (unpaired) electrons. The number of hydrogen-bond acceptors (Lipinski definition) is 5. The number of halogens is 3. The number of carbonyl (C=O) groups is 5. The van der Waals surface area contributed by atoms with Gasteiger partial charge in [0.2, 0.25) is 23.5 Å². The predicted molar refractivity (Wildman–Crippen MR) is 118 cm³/mol. The summed E-state index contributed by atoms with van der Waals surface area (Å²) in [5.41, 5.74) is -0.105. The quantitative estimate of drug-likeness (QED) is 0.404. The van der Waals surface area contributed by atoms with Gasteiger partial charge in [0.25, 0.3) is 11.8 Å². The lowest BCUT2D eigenvalue weighted by Gasteiger charge is -2.33. The molecule has 1 aromatic rings. The molecule has 9 nitrogen and oxygen atoms in total. The Balaban J connectivity index is 1.79. The summed E-state index contributed by atoms with van der Waals surface area (Å²) in [6.45, 7) is 1.80. The van der Waals surface area contributed by atoms with Crippen molar-refractivity contribution in [2.24, 2.45) is 11.8 Å². The summed E-state index contributed by atoms with van der Waals surface area (Å²) in [5, 5.41) is 10.00. The van der Waals surface area contributed by atoms with E-state index in [1.165, 1.54) is 25.2 Å². The maximum absolute atomic E-state index is 13.1. The van der Waals surface area contributed by atoms with Crippen LogP contribution >= 0.6 is 11.6 Å². The van der Waals surface area contributed by atoms with Gasteiger partial charge >= 0.3 is 0 Å². The van der Waals surface area contributed by atoms with Crippen LogP contribution in [0.3, 0.4) is 0 Å². The van der Waals surface area contributed by atoms with Crippen LogP contribution in [-0.4, -0.2) is 54.5 Å². The van der Waals surface area contributed by atoms with Gasteiger partial charge < -0.3 is 21.3 Å². The number of ketones is 1. The van der Waals surface area contributed by atoms with E-state index >= 15 is 0 Å². The highest BCUT2D eigenvalue weighted by Crippen LogP contribution is 2.43. The van der Waals surface area contributed by atoms with Crippen molar-refractivity contribution in [3.8, 4) is 0 Å². The molecule has 3 atom stereocenters. The molecular weight excluding hydrogens is 474 g/mol. The molecule has 1 aliphatic carbocycles. The standard InChI is InChI=1S/C22H25ClF2N4O5/c1-10-5-11(18(31)27-10)6-16(17(30)21(34)26-2)29-20(33)14-7-13(23)3-4-15(14)28-19(32)12-8-22(24,25)9-12/h3-4,7,10-12,16H,5-6,8-9H2,1-2H3,(H,26,34)(H,27,31)(H,28,32)(H,29,33)/t10-,11+,16+/m1/s1. The van der Waals surface area contributed by atoms with E-state index in [1.54, 1.807) is 6.92 Å². The Bertz CT molecular complexity index is 1030.